The Kier molecular flexibility index (Phi) is 4.28. The van der Waals surface area contributed by atoms with Gasteiger partial charge in [0.05, 0.1) is 0 Å². The van der Waals surface area contributed by atoms with Gasteiger partial charge in [0.15, 0.2) is 0 Å². The predicted octanol–water partition coefficient (Wildman–Crippen LogP) is 6.27. The Bertz CT molecular complexity index is 993. The van der Waals surface area contributed by atoms with Crippen LogP contribution in [0.15, 0.2) is 66.7 Å². The lowest BCUT2D eigenvalue weighted by Crippen LogP contribution is -2.35. The molecule has 0 amide bonds. The van der Waals surface area contributed by atoms with Gasteiger partial charge in [0.1, 0.15) is 5.60 Å². The summed E-state index contributed by atoms with van der Waals surface area (Å²) in [6, 6.07) is 19.4. The van der Waals surface area contributed by atoms with Crippen LogP contribution >= 0.6 is 0 Å². The first-order valence-corrected chi connectivity index (χ1v) is 9.39. The van der Waals surface area contributed by atoms with E-state index in [1.165, 1.54) is 28.0 Å². The summed E-state index contributed by atoms with van der Waals surface area (Å²) in [5.74, 6) is -0.287. The molecule has 0 bridgehead atoms. The van der Waals surface area contributed by atoms with Crippen LogP contribution in [0.3, 0.4) is 0 Å². The average molecular weight is 344 g/mol. The third-order valence-electron chi connectivity index (χ3n) is 5.53. The van der Waals surface area contributed by atoms with Crippen molar-refractivity contribution in [2.75, 3.05) is 0 Å². The van der Waals surface area contributed by atoms with Crippen LogP contribution in [-0.2, 0) is 15.1 Å². The van der Waals surface area contributed by atoms with E-state index in [2.05, 4.69) is 61.2 Å². The van der Waals surface area contributed by atoms with Crippen LogP contribution in [0.25, 0.3) is 21.5 Å². The summed E-state index contributed by atoms with van der Waals surface area (Å²) in [5.41, 5.74) is 1.05. The molecule has 4 rings (SSSR count). The summed E-state index contributed by atoms with van der Waals surface area (Å²) in [4.78, 5) is 12.3. The Morgan fingerprint density at radius 3 is 2.15 bits per heavy atom. The quantitative estimate of drug-likeness (QED) is 0.318. The minimum absolute atomic E-state index is 0.287. The molecule has 1 saturated carbocycles. The molecule has 0 atom stereocenters. The van der Waals surface area contributed by atoms with Crippen molar-refractivity contribution in [2.45, 2.75) is 44.6 Å². The molecule has 0 aliphatic heterocycles. The largest absolute Gasteiger partial charge is 0.451 e. The van der Waals surface area contributed by atoms with Crippen molar-refractivity contribution in [1.29, 1.82) is 0 Å². The third-order valence-corrected chi connectivity index (χ3v) is 5.53. The van der Waals surface area contributed by atoms with Gasteiger partial charge in [0, 0.05) is 5.57 Å². The van der Waals surface area contributed by atoms with E-state index in [9.17, 15) is 4.79 Å². The monoisotopic (exact) mass is 344 g/mol. The van der Waals surface area contributed by atoms with E-state index in [1.54, 1.807) is 6.92 Å². The zero-order valence-corrected chi connectivity index (χ0v) is 15.3. The second-order valence-electron chi connectivity index (χ2n) is 7.49. The second kappa shape index (κ2) is 6.60. The van der Waals surface area contributed by atoms with Crippen LogP contribution in [0.4, 0.5) is 0 Å². The lowest BCUT2D eigenvalue weighted by Gasteiger charge is -2.37. The van der Waals surface area contributed by atoms with E-state index in [4.69, 9.17) is 4.74 Å². The lowest BCUT2D eigenvalue weighted by molar-refractivity contribution is -0.160. The molecule has 0 N–H and O–H groups in total. The Labute approximate surface area is 154 Å². The first-order valence-electron chi connectivity index (χ1n) is 9.39. The standard InChI is InChI=1S/C24H24O2/c1-17(2)23(25)26-24(12-6-3-7-13-24)22-11-10-20-14-18-8-4-5-9-19(18)15-21(20)16-22/h4-5,8-11,14-16H,1,3,6-7,12-13H2,2H3. The first-order chi connectivity index (χ1) is 12.6. The van der Waals surface area contributed by atoms with Gasteiger partial charge in [-0.15, -0.1) is 0 Å². The van der Waals surface area contributed by atoms with E-state index in [1.807, 2.05) is 0 Å². The van der Waals surface area contributed by atoms with Crippen LogP contribution in [0.5, 0.6) is 0 Å². The van der Waals surface area contributed by atoms with Crippen LogP contribution < -0.4 is 0 Å². The molecule has 0 aromatic heterocycles. The molecule has 1 aliphatic carbocycles. The number of benzene rings is 3. The van der Waals surface area contributed by atoms with E-state index in [0.29, 0.717) is 5.57 Å². The van der Waals surface area contributed by atoms with E-state index in [0.717, 1.165) is 31.2 Å². The van der Waals surface area contributed by atoms with Gasteiger partial charge in [-0.3, -0.25) is 0 Å². The maximum Gasteiger partial charge on any atom is 0.333 e. The Hall–Kier alpha value is -2.61. The number of esters is 1. The predicted molar refractivity (Wildman–Crippen MR) is 107 cm³/mol. The number of hydrogen-bond acceptors (Lipinski definition) is 2. The van der Waals surface area contributed by atoms with Crippen LogP contribution in [0.1, 0.15) is 44.6 Å². The maximum absolute atomic E-state index is 12.3. The molecule has 3 aromatic rings. The van der Waals surface area contributed by atoms with E-state index in [-0.39, 0.29) is 5.97 Å². The molecule has 1 fully saturated rings. The number of carbonyl (C=O) groups is 1. The average Bonchev–Trinajstić information content (AvgIpc) is 2.66. The minimum atomic E-state index is -0.520. The van der Waals surface area contributed by atoms with Crippen molar-refractivity contribution < 1.29 is 9.53 Å². The number of ether oxygens (including phenoxy) is 1. The summed E-state index contributed by atoms with van der Waals surface area (Å²) < 4.78 is 6.02. The molecule has 0 spiro atoms. The van der Waals surface area contributed by atoms with Gasteiger partial charge >= 0.3 is 5.97 Å². The number of fused-ring (bicyclic) bond motifs is 2. The van der Waals surface area contributed by atoms with Crippen molar-refractivity contribution in [3.05, 3.63) is 72.3 Å². The molecular formula is C24H24O2. The van der Waals surface area contributed by atoms with Gasteiger partial charge < -0.3 is 4.74 Å². The van der Waals surface area contributed by atoms with Gasteiger partial charge in [-0.1, -0.05) is 49.4 Å². The Morgan fingerprint density at radius 2 is 1.50 bits per heavy atom. The molecule has 2 nitrogen and oxygen atoms in total. The summed E-state index contributed by atoms with van der Waals surface area (Å²) in [7, 11) is 0. The van der Waals surface area contributed by atoms with Gasteiger partial charge in [0.2, 0.25) is 0 Å². The number of carbonyl (C=O) groups excluding carboxylic acids is 1. The fourth-order valence-corrected chi connectivity index (χ4v) is 4.06. The topological polar surface area (TPSA) is 26.3 Å². The molecule has 0 unspecified atom stereocenters. The lowest BCUT2D eigenvalue weighted by atomic mass is 9.78. The van der Waals surface area contributed by atoms with Crippen LogP contribution in [0.2, 0.25) is 0 Å². The van der Waals surface area contributed by atoms with Gasteiger partial charge in [-0.25, -0.2) is 4.79 Å². The molecule has 2 heteroatoms. The zero-order chi connectivity index (χ0) is 18.1. The highest BCUT2D eigenvalue weighted by molar-refractivity contribution is 5.98. The van der Waals surface area contributed by atoms with Crippen molar-refractivity contribution in [3.63, 3.8) is 0 Å². The Balaban J connectivity index is 1.82. The van der Waals surface area contributed by atoms with Crippen molar-refractivity contribution in [3.8, 4) is 0 Å². The van der Waals surface area contributed by atoms with Crippen molar-refractivity contribution >= 4 is 27.5 Å². The summed E-state index contributed by atoms with van der Waals surface area (Å²) >= 11 is 0. The van der Waals surface area contributed by atoms with Gasteiger partial charge in [-0.2, -0.15) is 0 Å². The molecule has 0 saturated heterocycles. The number of hydrogen-bond donors (Lipinski definition) is 0. The Morgan fingerprint density at radius 1 is 0.885 bits per heavy atom. The fourth-order valence-electron chi connectivity index (χ4n) is 4.06. The fraction of sp³-hybridized carbons (Fsp3) is 0.292. The molecule has 0 heterocycles. The maximum atomic E-state index is 12.3. The summed E-state index contributed by atoms with van der Waals surface area (Å²) in [6.07, 6.45) is 5.12. The van der Waals surface area contributed by atoms with E-state index < -0.39 is 5.60 Å². The van der Waals surface area contributed by atoms with Crippen LogP contribution in [0, 0.1) is 0 Å². The summed E-state index contributed by atoms with van der Waals surface area (Å²) in [5, 5.41) is 4.88. The molecule has 132 valence electrons. The van der Waals surface area contributed by atoms with Crippen LogP contribution in [-0.4, -0.2) is 5.97 Å². The summed E-state index contributed by atoms with van der Waals surface area (Å²) in [6.45, 7) is 5.47. The van der Waals surface area contributed by atoms with Crippen molar-refractivity contribution in [1.82, 2.24) is 0 Å². The smallest absolute Gasteiger partial charge is 0.333 e. The number of rotatable bonds is 3. The van der Waals surface area contributed by atoms with E-state index >= 15 is 0 Å². The minimum Gasteiger partial charge on any atom is -0.451 e. The second-order valence-corrected chi connectivity index (χ2v) is 7.49. The van der Waals surface area contributed by atoms with Gasteiger partial charge in [0.25, 0.3) is 0 Å². The normalized spacial score (nSPS) is 16.5. The van der Waals surface area contributed by atoms with Crippen molar-refractivity contribution in [2.24, 2.45) is 0 Å². The SMILES string of the molecule is C=C(C)C(=O)OC1(c2ccc3cc4ccccc4cc3c2)CCCCC1. The molecule has 3 aromatic carbocycles. The van der Waals surface area contributed by atoms with Gasteiger partial charge in [-0.05, 0) is 77.9 Å². The molecular weight excluding hydrogens is 320 g/mol. The zero-order valence-electron chi connectivity index (χ0n) is 15.3. The molecule has 1 aliphatic rings. The molecule has 0 radical (unpaired) electrons. The molecule has 26 heavy (non-hydrogen) atoms. The highest BCUT2D eigenvalue weighted by Gasteiger charge is 2.38. The highest BCUT2D eigenvalue weighted by Crippen LogP contribution is 2.42. The highest BCUT2D eigenvalue weighted by atomic mass is 16.6. The first kappa shape index (κ1) is 16.8. The third kappa shape index (κ3) is 3.01.